The second-order valence-electron chi connectivity index (χ2n) is 5.43. The molecule has 19 heavy (non-hydrogen) atoms. The fraction of sp³-hybridized carbons (Fsp3) is 0.786. The van der Waals surface area contributed by atoms with Crippen LogP contribution in [0.15, 0.2) is 5.38 Å². The molecular weight excluding hydrogens is 260 g/mol. The van der Waals surface area contributed by atoms with Crippen LogP contribution in [0.5, 0.6) is 0 Å². The van der Waals surface area contributed by atoms with Crippen molar-refractivity contribution in [3.05, 3.63) is 16.1 Å². The Morgan fingerprint density at radius 2 is 2.16 bits per heavy atom. The zero-order valence-corrected chi connectivity index (χ0v) is 12.3. The summed E-state index contributed by atoms with van der Waals surface area (Å²) >= 11 is 1.73. The molecule has 2 saturated heterocycles. The number of aryl methyl sites for hydroxylation is 1. The van der Waals surface area contributed by atoms with Crippen LogP contribution in [0.2, 0.25) is 0 Å². The Kier molecular flexibility index (Phi) is 4.48. The molecule has 0 spiro atoms. The average Bonchev–Trinajstić information content (AvgIpc) is 2.87. The lowest BCUT2D eigenvalue weighted by molar-refractivity contribution is -0.0279. The van der Waals surface area contributed by atoms with Gasteiger partial charge in [0.1, 0.15) is 0 Å². The summed E-state index contributed by atoms with van der Waals surface area (Å²) in [7, 11) is 0. The standard InChI is InChI=1S/C14H22N2O2S/c1-11-15-13(10-19-11)14-9-18-7-4-16(14)8-12-2-5-17-6-3-12/h10,12,14H,2-9H2,1H3/t14-/m0/s1. The van der Waals surface area contributed by atoms with Crippen LogP contribution in [-0.2, 0) is 9.47 Å². The third-order valence-electron chi connectivity index (χ3n) is 4.05. The highest BCUT2D eigenvalue weighted by Crippen LogP contribution is 2.28. The van der Waals surface area contributed by atoms with Crippen LogP contribution in [0.3, 0.4) is 0 Å². The fourth-order valence-corrected chi connectivity index (χ4v) is 3.58. The Hall–Kier alpha value is -0.490. The minimum atomic E-state index is 0.349. The number of hydrogen-bond donors (Lipinski definition) is 0. The minimum absolute atomic E-state index is 0.349. The Morgan fingerprint density at radius 3 is 2.89 bits per heavy atom. The summed E-state index contributed by atoms with van der Waals surface area (Å²) in [6, 6.07) is 0.349. The highest BCUT2D eigenvalue weighted by Gasteiger charge is 2.28. The number of aromatic nitrogens is 1. The van der Waals surface area contributed by atoms with Gasteiger partial charge in [-0.05, 0) is 25.7 Å². The van der Waals surface area contributed by atoms with Crippen LogP contribution in [0.4, 0.5) is 0 Å². The van der Waals surface area contributed by atoms with Gasteiger partial charge in [0.25, 0.3) is 0 Å². The second-order valence-corrected chi connectivity index (χ2v) is 6.50. The van der Waals surface area contributed by atoms with Gasteiger partial charge >= 0.3 is 0 Å². The topological polar surface area (TPSA) is 34.6 Å². The summed E-state index contributed by atoms with van der Waals surface area (Å²) in [5, 5.41) is 3.33. The van der Waals surface area contributed by atoms with Crippen LogP contribution < -0.4 is 0 Å². The quantitative estimate of drug-likeness (QED) is 0.851. The van der Waals surface area contributed by atoms with Crippen molar-refractivity contribution in [3.63, 3.8) is 0 Å². The molecule has 2 fully saturated rings. The van der Waals surface area contributed by atoms with Crippen molar-refractivity contribution < 1.29 is 9.47 Å². The van der Waals surface area contributed by atoms with E-state index in [1.165, 1.54) is 18.5 Å². The lowest BCUT2D eigenvalue weighted by Gasteiger charge is -2.37. The predicted molar refractivity (Wildman–Crippen MR) is 75.5 cm³/mol. The molecule has 0 unspecified atom stereocenters. The van der Waals surface area contributed by atoms with Gasteiger partial charge in [0.2, 0.25) is 0 Å². The molecule has 1 aromatic rings. The van der Waals surface area contributed by atoms with Gasteiger partial charge in [-0.2, -0.15) is 0 Å². The van der Waals surface area contributed by atoms with Gasteiger partial charge in [-0.25, -0.2) is 4.98 Å². The van der Waals surface area contributed by atoms with E-state index in [1.54, 1.807) is 11.3 Å². The zero-order chi connectivity index (χ0) is 13.1. The molecule has 0 radical (unpaired) electrons. The molecule has 2 aliphatic rings. The van der Waals surface area contributed by atoms with E-state index in [1.807, 2.05) is 0 Å². The molecule has 0 aromatic carbocycles. The van der Waals surface area contributed by atoms with Gasteiger partial charge in [-0.1, -0.05) is 0 Å². The number of nitrogens with zero attached hydrogens (tertiary/aromatic N) is 2. The summed E-state index contributed by atoms with van der Waals surface area (Å²) in [5.41, 5.74) is 1.19. The SMILES string of the molecule is Cc1nc([C@@H]2COCCN2CC2CCOCC2)cs1. The van der Waals surface area contributed by atoms with Crippen molar-refractivity contribution in [1.82, 2.24) is 9.88 Å². The first-order chi connectivity index (χ1) is 9.33. The van der Waals surface area contributed by atoms with Crippen molar-refractivity contribution in [1.29, 1.82) is 0 Å². The summed E-state index contributed by atoms with van der Waals surface area (Å²) in [4.78, 5) is 7.21. The van der Waals surface area contributed by atoms with E-state index in [2.05, 4.69) is 22.2 Å². The van der Waals surface area contributed by atoms with Gasteiger partial charge < -0.3 is 9.47 Å². The van der Waals surface area contributed by atoms with E-state index in [-0.39, 0.29) is 0 Å². The molecule has 4 nitrogen and oxygen atoms in total. The first-order valence-electron chi connectivity index (χ1n) is 7.14. The molecule has 3 heterocycles. The summed E-state index contributed by atoms with van der Waals surface area (Å²) in [6.45, 7) is 7.74. The average molecular weight is 282 g/mol. The lowest BCUT2D eigenvalue weighted by Crippen LogP contribution is -2.43. The predicted octanol–water partition coefficient (Wildman–Crippen LogP) is 2.25. The minimum Gasteiger partial charge on any atom is -0.381 e. The first-order valence-corrected chi connectivity index (χ1v) is 8.02. The van der Waals surface area contributed by atoms with E-state index in [4.69, 9.17) is 9.47 Å². The molecule has 3 rings (SSSR count). The maximum absolute atomic E-state index is 5.66. The van der Waals surface area contributed by atoms with Gasteiger partial charge in [-0.15, -0.1) is 11.3 Å². The molecule has 0 bridgehead atoms. The summed E-state index contributed by atoms with van der Waals surface area (Å²) in [5.74, 6) is 0.772. The number of ether oxygens (including phenoxy) is 2. The van der Waals surface area contributed by atoms with Crippen LogP contribution in [0, 0.1) is 12.8 Å². The van der Waals surface area contributed by atoms with Crippen LogP contribution in [-0.4, -0.2) is 49.4 Å². The van der Waals surface area contributed by atoms with Crippen molar-refractivity contribution in [2.24, 2.45) is 5.92 Å². The second kappa shape index (κ2) is 6.31. The molecule has 2 aliphatic heterocycles. The molecule has 1 atom stereocenters. The first kappa shape index (κ1) is 13.5. The fourth-order valence-electron chi connectivity index (χ4n) is 2.92. The molecule has 0 aliphatic carbocycles. The normalized spacial score (nSPS) is 26.7. The largest absolute Gasteiger partial charge is 0.381 e. The smallest absolute Gasteiger partial charge is 0.0898 e. The molecule has 106 valence electrons. The van der Waals surface area contributed by atoms with Crippen LogP contribution >= 0.6 is 11.3 Å². The summed E-state index contributed by atoms with van der Waals surface area (Å²) in [6.07, 6.45) is 2.39. The van der Waals surface area contributed by atoms with Crippen molar-refractivity contribution >= 4 is 11.3 Å². The maximum Gasteiger partial charge on any atom is 0.0898 e. The highest BCUT2D eigenvalue weighted by molar-refractivity contribution is 7.09. The van der Waals surface area contributed by atoms with Gasteiger partial charge in [0.05, 0.1) is 30.0 Å². The van der Waals surface area contributed by atoms with E-state index >= 15 is 0 Å². The Morgan fingerprint density at radius 1 is 1.32 bits per heavy atom. The zero-order valence-electron chi connectivity index (χ0n) is 11.5. The maximum atomic E-state index is 5.66. The third kappa shape index (κ3) is 3.34. The highest BCUT2D eigenvalue weighted by atomic mass is 32.1. The Balaban J connectivity index is 1.66. The molecule has 0 saturated carbocycles. The van der Waals surface area contributed by atoms with Crippen molar-refractivity contribution in [2.75, 3.05) is 39.5 Å². The van der Waals surface area contributed by atoms with Gasteiger partial charge in [-0.3, -0.25) is 4.90 Å². The lowest BCUT2D eigenvalue weighted by atomic mass is 9.98. The third-order valence-corrected chi connectivity index (χ3v) is 4.84. The Labute approximate surface area is 118 Å². The molecule has 0 amide bonds. The number of hydrogen-bond acceptors (Lipinski definition) is 5. The molecular formula is C14H22N2O2S. The van der Waals surface area contributed by atoms with Crippen LogP contribution in [0.25, 0.3) is 0 Å². The summed E-state index contributed by atoms with van der Waals surface area (Å²) < 4.78 is 11.1. The van der Waals surface area contributed by atoms with Gasteiger partial charge in [0.15, 0.2) is 0 Å². The number of rotatable bonds is 3. The van der Waals surface area contributed by atoms with E-state index in [0.29, 0.717) is 6.04 Å². The Bertz CT molecular complexity index is 404. The van der Waals surface area contributed by atoms with Gasteiger partial charge in [0, 0.05) is 31.7 Å². The van der Waals surface area contributed by atoms with Crippen LogP contribution in [0.1, 0.15) is 29.6 Å². The van der Waals surface area contributed by atoms with E-state index in [0.717, 1.165) is 50.4 Å². The molecule has 1 aromatic heterocycles. The van der Waals surface area contributed by atoms with E-state index in [9.17, 15) is 0 Å². The monoisotopic (exact) mass is 282 g/mol. The number of morpholine rings is 1. The van der Waals surface area contributed by atoms with E-state index < -0.39 is 0 Å². The molecule has 5 heteroatoms. The number of thiazole rings is 1. The molecule has 0 N–H and O–H groups in total. The van der Waals surface area contributed by atoms with Crippen molar-refractivity contribution in [3.8, 4) is 0 Å². The van der Waals surface area contributed by atoms with Crippen molar-refractivity contribution in [2.45, 2.75) is 25.8 Å².